The zero-order valence-corrected chi connectivity index (χ0v) is 14.1. The molecule has 0 atom stereocenters. The van der Waals surface area contributed by atoms with E-state index in [4.69, 9.17) is 0 Å². The number of nitrogens with zero attached hydrogens (tertiary/aromatic N) is 1. The minimum atomic E-state index is -4.42. The van der Waals surface area contributed by atoms with E-state index < -0.39 is 17.8 Å². The van der Waals surface area contributed by atoms with E-state index >= 15 is 0 Å². The minimum Gasteiger partial charge on any atom is -0.307 e. The average molecular weight is 400 g/mol. The van der Waals surface area contributed by atoms with Gasteiger partial charge in [0.1, 0.15) is 0 Å². The molecule has 2 aromatic rings. The summed E-state index contributed by atoms with van der Waals surface area (Å²) in [7, 11) is 0. The number of rotatable bonds is 3. The molecule has 0 radical (unpaired) electrons. The molecule has 0 saturated carbocycles. The van der Waals surface area contributed by atoms with Crippen LogP contribution in [0.1, 0.15) is 16.7 Å². The Hall–Kier alpha value is -2.35. The van der Waals surface area contributed by atoms with E-state index in [0.717, 1.165) is 28.4 Å². The van der Waals surface area contributed by atoms with Crippen molar-refractivity contribution < 1.29 is 18.0 Å². The van der Waals surface area contributed by atoms with Gasteiger partial charge in [-0.25, -0.2) is 10.2 Å². The average Bonchev–Trinajstić information content (AvgIpc) is 2.50. The van der Waals surface area contributed by atoms with Crippen LogP contribution in [-0.2, 0) is 6.18 Å². The summed E-state index contributed by atoms with van der Waals surface area (Å²) in [6, 6.07) is 9.30. The monoisotopic (exact) mass is 399 g/mol. The quantitative estimate of drug-likeness (QED) is 0.557. The van der Waals surface area contributed by atoms with Gasteiger partial charge in [-0.3, -0.25) is 0 Å². The van der Waals surface area contributed by atoms with E-state index in [1.54, 1.807) is 18.2 Å². The highest BCUT2D eigenvalue weighted by molar-refractivity contribution is 9.10. The van der Waals surface area contributed by atoms with Crippen molar-refractivity contribution in [3.8, 4) is 0 Å². The number of carbonyl (C=O) groups excluding carboxylic acids is 1. The lowest BCUT2D eigenvalue weighted by Crippen LogP contribution is -2.24. The van der Waals surface area contributed by atoms with Gasteiger partial charge in [-0.15, -0.1) is 0 Å². The zero-order chi connectivity index (χ0) is 17.7. The van der Waals surface area contributed by atoms with Crippen LogP contribution in [0.5, 0.6) is 0 Å². The number of nitrogens with one attached hydrogen (secondary N) is 2. The molecule has 0 bridgehead atoms. The van der Waals surface area contributed by atoms with E-state index in [9.17, 15) is 18.0 Å². The topological polar surface area (TPSA) is 53.5 Å². The van der Waals surface area contributed by atoms with Crippen LogP contribution in [0, 0.1) is 6.92 Å². The number of halogens is 4. The van der Waals surface area contributed by atoms with Gasteiger partial charge in [0.05, 0.1) is 11.8 Å². The third-order valence-corrected chi connectivity index (χ3v) is 3.90. The summed E-state index contributed by atoms with van der Waals surface area (Å²) in [6.45, 7) is 1.87. The number of amides is 2. The molecule has 0 saturated heterocycles. The van der Waals surface area contributed by atoms with E-state index in [-0.39, 0.29) is 5.56 Å². The van der Waals surface area contributed by atoms with Crippen LogP contribution in [0.4, 0.5) is 23.7 Å². The molecule has 0 aliphatic carbocycles. The van der Waals surface area contributed by atoms with Crippen molar-refractivity contribution in [3.05, 3.63) is 63.6 Å². The molecule has 0 aromatic heterocycles. The van der Waals surface area contributed by atoms with Gasteiger partial charge in [-0.2, -0.15) is 18.3 Å². The number of hydrogen-bond acceptors (Lipinski definition) is 2. The second kappa shape index (κ2) is 7.48. The van der Waals surface area contributed by atoms with Crippen molar-refractivity contribution in [2.24, 2.45) is 5.10 Å². The Morgan fingerprint density at radius 2 is 1.96 bits per heavy atom. The standard InChI is InChI=1S/C16H13BrF3N3O/c1-10-7-13(5-6-14(10)17)22-15(24)23-21-9-11-3-2-4-12(8-11)16(18,19)20/h2-9H,1H3,(H2,22,23,24)/b21-9+. The largest absolute Gasteiger partial charge is 0.416 e. The fourth-order valence-corrected chi connectivity index (χ4v) is 2.09. The van der Waals surface area contributed by atoms with Crippen molar-refractivity contribution in [1.82, 2.24) is 5.43 Å². The number of aryl methyl sites for hydroxylation is 1. The molecule has 0 spiro atoms. The maximum atomic E-state index is 12.6. The number of urea groups is 1. The Morgan fingerprint density at radius 3 is 2.62 bits per heavy atom. The van der Waals surface area contributed by atoms with Crippen LogP contribution in [0.3, 0.4) is 0 Å². The van der Waals surface area contributed by atoms with E-state index in [2.05, 4.69) is 31.8 Å². The maximum absolute atomic E-state index is 12.6. The number of hydrogen-bond donors (Lipinski definition) is 2. The van der Waals surface area contributed by atoms with Crippen LogP contribution in [0.15, 0.2) is 52.0 Å². The summed E-state index contributed by atoms with van der Waals surface area (Å²) in [6.07, 6.45) is -3.28. The highest BCUT2D eigenvalue weighted by Gasteiger charge is 2.30. The Bertz CT molecular complexity index is 775. The van der Waals surface area contributed by atoms with E-state index in [1.807, 2.05) is 6.92 Å². The predicted octanol–water partition coefficient (Wildman–Crippen LogP) is 4.93. The first-order chi connectivity index (χ1) is 11.3. The van der Waals surface area contributed by atoms with E-state index in [0.29, 0.717) is 5.69 Å². The SMILES string of the molecule is Cc1cc(NC(=O)N/N=C/c2cccc(C(F)(F)F)c2)ccc1Br. The van der Waals surface area contributed by atoms with Crippen molar-refractivity contribution in [2.45, 2.75) is 13.1 Å². The van der Waals surface area contributed by atoms with Crippen LogP contribution < -0.4 is 10.7 Å². The first kappa shape index (κ1) is 18.0. The zero-order valence-electron chi connectivity index (χ0n) is 12.5. The second-order valence-electron chi connectivity index (χ2n) is 4.91. The smallest absolute Gasteiger partial charge is 0.307 e. The maximum Gasteiger partial charge on any atom is 0.416 e. The van der Waals surface area contributed by atoms with Crippen LogP contribution in [0.25, 0.3) is 0 Å². The molecule has 0 unspecified atom stereocenters. The lowest BCUT2D eigenvalue weighted by atomic mass is 10.1. The lowest BCUT2D eigenvalue weighted by Gasteiger charge is -2.07. The summed E-state index contributed by atoms with van der Waals surface area (Å²) in [5.74, 6) is 0. The molecule has 2 amide bonds. The second-order valence-corrected chi connectivity index (χ2v) is 5.77. The van der Waals surface area contributed by atoms with Gasteiger partial charge in [0.25, 0.3) is 0 Å². The van der Waals surface area contributed by atoms with Gasteiger partial charge in [-0.1, -0.05) is 28.1 Å². The van der Waals surface area contributed by atoms with Crippen molar-refractivity contribution in [1.29, 1.82) is 0 Å². The lowest BCUT2D eigenvalue weighted by molar-refractivity contribution is -0.137. The first-order valence-corrected chi connectivity index (χ1v) is 7.58. The number of hydrazone groups is 1. The molecule has 0 aliphatic rings. The normalized spacial score (nSPS) is 11.5. The summed E-state index contributed by atoms with van der Waals surface area (Å²) >= 11 is 3.35. The summed E-state index contributed by atoms with van der Waals surface area (Å²) in [5.41, 5.74) is 3.16. The summed E-state index contributed by atoms with van der Waals surface area (Å²) in [5, 5.41) is 6.20. The number of anilines is 1. The van der Waals surface area contributed by atoms with E-state index in [1.165, 1.54) is 12.1 Å². The molecule has 2 N–H and O–H groups in total. The minimum absolute atomic E-state index is 0.226. The first-order valence-electron chi connectivity index (χ1n) is 6.79. The molecule has 0 aliphatic heterocycles. The molecule has 24 heavy (non-hydrogen) atoms. The fourth-order valence-electron chi connectivity index (χ4n) is 1.84. The highest BCUT2D eigenvalue weighted by atomic mass is 79.9. The Kier molecular flexibility index (Phi) is 5.61. The summed E-state index contributed by atoms with van der Waals surface area (Å²) in [4.78, 5) is 11.7. The number of alkyl halides is 3. The highest BCUT2D eigenvalue weighted by Crippen LogP contribution is 2.29. The molecular weight excluding hydrogens is 387 g/mol. The molecule has 0 heterocycles. The third-order valence-electron chi connectivity index (χ3n) is 3.01. The van der Waals surface area contributed by atoms with Crippen molar-refractivity contribution >= 4 is 33.9 Å². The fraction of sp³-hybridized carbons (Fsp3) is 0.125. The van der Waals surface area contributed by atoms with Gasteiger partial charge in [0.2, 0.25) is 0 Å². The number of carbonyl (C=O) groups is 1. The molecule has 126 valence electrons. The van der Waals surface area contributed by atoms with Gasteiger partial charge in [0.15, 0.2) is 0 Å². The van der Waals surface area contributed by atoms with Crippen molar-refractivity contribution in [3.63, 3.8) is 0 Å². The van der Waals surface area contributed by atoms with Gasteiger partial charge in [0, 0.05) is 10.2 Å². The Labute approximate surface area is 144 Å². The van der Waals surface area contributed by atoms with Crippen LogP contribution in [-0.4, -0.2) is 12.2 Å². The van der Waals surface area contributed by atoms with Gasteiger partial charge in [-0.05, 0) is 48.4 Å². The van der Waals surface area contributed by atoms with Gasteiger partial charge >= 0.3 is 12.2 Å². The van der Waals surface area contributed by atoms with Crippen LogP contribution >= 0.6 is 15.9 Å². The molecular formula is C16H13BrF3N3O. The molecule has 2 aromatic carbocycles. The van der Waals surface area contributed by atoms with Crippen LogP contribution in [0.2, 0.25) is 0 Å². The third kappa shape index (κ3) is 5.09. The summed E-state index contributed by atoms with van der Waals surface area (Å²) < 4.78 is 38.7. The van der Waals surface area contributed by atoms with Gasteiger partial charge < -0.3 is 5.32 Å². The molecule has 4 nitrogen and oxygen atoms in total. The predicted molar refractivity (Wildman–Crippen MR) is 90.1 cm³/mol. The molecule has 8 heteroatoms. The molecule has 0 fully saturated rings. The molecule has 2 rings (SSSR count). The Morgan fingerprint density at radius 1 is 1.21 bits per heavy atom. The number of benzene rings is 2. The van der Waals surface area contributed by atoms with Crippen molar-refractivity contribution in [2.75, 3.05) is 5.32 Å². The Balaban J connectivity index is 1.96.